The van der Waals surface area contributed by atoms with Gasteiger partial charge in [-0.3, -0.25) is 9.59 Å². The number of benzene rings is 1. The molecule has 2 rings (SSSR count). The van der Waals surface area contributed by atoms with E-state index < -0.39 is 5.91 Å². The molecule has 114 valence electrons. The van der Waals surface area contributed by atoms with Crippen LogP contribution in [0, 0.1) is 12.8 Å². The average Bonchev–Trinajstić information content (AvgIpc) is 2.49. The van der Waals surface area contributed by atoms with Crippen LogP contribution in [0.2, 0.25) is 0 Å². The summed E-state index contributed by atoms with van der Waals surface area (Å²) >= 11 is 0. The zero-order valence-corrected chi connectivity index (χ0v) is 12.6. The lowest BCUT2D eigenvalue weighted by Crippen LogP contribution is -2.46. The summed E-state index contributed by atoms with van der Waals surface area (Å²) in [6.07, 6.45) is 3.12. The fourth-order valence-corrected chi connectivity index (χ4v) is 2.74. The Hall–Kier alpha value is -1.88. The van der Waals surface area contributed by atoms with Gasteiger partial charge in [0.25, 0.3) is 0 Å². The Balaban J connectivity index is 2.04. The summed E-state index contributed by atoms with van der Waals surface area (Å²) in [7, 11) is 0. The molecule has 0 spiro atoms. The molecule has 0 aromatic heterocycles. The predicted octanol–water partition coefficient (Wildman–Crippen LogP) is 1.81. The Morgan fingerprint density at radius 2 is 2.19 bits per heavy atom. The van der Waals surface area contributed by atoms with E-state index in [-0.39, 0.29) is 11.9 Å². The molecule has 2 unspecified atom stereocenters. The van der Waals surface area contributed by atoms with Crippen molar-refractivity contribution in [2.75, 3.05) is 11.9 Å². The molecule has 0 aliphatic carbocycles. The molecule has 21 heavy (non-hydrogen) atoms. The second-order valence-electron chi connectivity index (χ2n) is 5.69. The van der Waals surface area contributed by atoms with Gasteiger partial charge in [-0.15, -0.1) is 0 Å². The van der Waals surface area contributed by atoms with Crippen molar-refractivity contribution in [2.24, 2.45) is 11.7 Å². The van der Waals surface area contributed by atoms with Crippen molar-refractivity contribution in [3.63, 3.8) is 0 Å². The average molecular weight is 289 g/mol. The number of carbonyl (C=O) groups excluding carboxylic acids is 2. The highest BCUT2D eigenvalue weighted by molar-refractivity contribution is 5.97. The number of anilines is 1. The van der Waals surface area contributed by atoms with E-state index in [2.05, 4.69) is 17.6 Å². The highest BCUT2D eigenvalue weighted by atomic mass is 16.2. The number of aryl methyl sites for hydroxylation is 1. The first-order chi connectivity index (χ1) is 10.0. The van der Waals surface area contributed by atoms with Crippen molar-refractivity contribution < 1.29 is 9.59 Å². The SMILES string of the molecule is CCC1CCNC(C(=O)Nc2ccc(C(N)=O)cc2C)C1. The number of piperidine rings is 1. The van der Waals surface area contributed by atoms with E-state index >= 15 is 0 Å². The normalized spacial score (nSPS) is 21.8. The number of rotatable bonds is 4. The Labute approximate surface area is 125 Å². The lowest BCUT2D eigenvalue weighted by atomic mass is 9.90. The molecular formula is C16H23N3O2. The standard InChI is InChI=1S/C16H23N3O2/c1-3-11-6-7-18-14(9-11)16(21)19-13-5-4-12(15(17)20)8-10(13)2/h4-5,8,11,14,18H,3,6-7,9H2,1-2H3,(H2,17,20)(H,19,21). The number of nitrogens with one attached hydrogen (secondary N) is 2. The number of nitrogens with two attached hydrogens (primary N) is 1. The van der Waals surface area contributed by atoms with E-state index in [9.17, 15) is 9.59 Å². The molecule has 4 N–H and O–H groups in total. The minimum atomic E-state index is -0.462. The Bertz CT molecular complexity index is 542. The maximum atomic E-state index is 12.3. The molecule has 1 aliphatic rings. The van der Waals surface area contributed by atoms with Crippen LogP contribution >= 0.6 is 0 Å². The first kappa shape index (κ1) is 15.5. The summed E-state index contributed by atoms with van der Waals surface area (Å²) in [5, 5.41) is 6.20. The summed E-state index contributed by atoms with van der Waals surface area (Å²) in [6, 6.07) is 4.92. The minimum absolute atomic E-state index is 0.0110. The van der Waals surface area contributed by atoms with E-state index in [4.69, 9.17) is 5.73 Å². The third-order valence-corrected chi connectivity index (χ3v) is 4.17. The van der Waals surface area contributed by atoms with Crippen LogP contribution < -0.4 is 16.4 Å². The number of carbonyl (C=O) groups is 2. The van der Waals surface area contributed by atoms with Crippen molar-refractivity contribution in [3.8, 4) is 0 Å². The quantitative estimate of drug-likeness (QED) is 0.790. The number of hydrogen-bond acceptors (Lipinski definition) is 3. The molecule has 0 radical (unpaired) electrons. The molecule has 0 saturated carbocycles. The van der Waals surface area contributed by atoms with Crippen molar-refractivity contribution in [1.82, 2.24) is 5.32 Å². The van der Waals surface area contributed by atoms with Crippen LogP contribution in [0.4, 0.5) is 5.69 Å². The van der Waals surface area contributed by atoms with Gasteiger partial charge in [0.1, 0.15) is 0 Å². The molecule has 2 amide bonds. The number of amides is 2. The van der Waals surface area contributed by atoms with Gasteiger partial charge in [0, 0.05) is 11.3 Å². The second-order valence-corrected chi connectivity index (χ2v) is 5.69. The number of hydrogen-bond donors (Lipinski definition) is 3. The van der Waals surface area contributed by atoms with Gasteiger partial charge in [-0.2, -0.15) is 0 Å². The van der Waals surface area contributed by atoms with Crippen molar-refractivity contribution in [2.45, 2.75) is 39.2 Å². The highest BCUT2D eigenvalue weighted by Gasteiger charge is 2.26. The third-order valence-electron chi connectivity index (χ3n) is 4.17. The molecular weight excluding hydrogens is 266 g/mol. The van der Waals surface area contributed by atoms with E-state index in [0.29, 0.717) is 11.5 Å². The van der Waals surface area contributed by atoms with Gasteiger partial charge in [0.05, 0.1) is 6.04 Å². The molecule has 1 fully saturated rings. The lowest BCUT2D eigenvalue weighted by Gasteiger charge is -2.29. The fraction of sp³-hybridized carbons (Fsp3) is 0.500. The van der Waals surface area contributed by atoms with Crippen LogP contribution in [0.5, 0.6) is 0 Å². The first-order valence-corrected chi connectivity index (χ1v) is 7.46. The summed E-state index contributed by atoms with van der Waals surface area (Å²) in [5.74, 6) is 0.138. The van der Waals surface area contributed by atoms with Crippen molar-refractivity contribution in [3.05, 3.63) is 29.3 Å². The van der Waals surface area contributed by atoms with Crippen LogP contribution in [-0.4, -0.2) is 24.4 Å². The van der Waals surface area contributed by atoms with Crippen LogP contribution in [0.3, 0.4) is 0 Å². The second kappa shape index (κ2) is 6.72. The maximum Gasteiger partial charge on any atom is 0.248 e. The molecule has 5 nitrogen and oxygen atoms in total. The lowest BCUT2D eigenvalue weighted by molar-refractivity contribution is -0.119. The Morgan fingerprint density at radius 3 is 2.81 bits per heavy atom. The van der Waals surface area contributed by atoms with Crippen LogP contribution in [-0.2, 0) is 4.79 Å². The van der Waals surface area contributed by atoms with Gasteiger partial charge in [-0.25, -0.2) is 0 Å². The molecule has 1 heterocycles. The zero-order valence-electron chi connectivity index (χ0n) is 12.6. The third kappa shape index (κ3) is 3.82. The van der Waals surface area contributed by atoms with E-state index in [1.807, 2.05) is 6.92 Å². The molecule has 0 bridgehead atoms. The van der Waals surface area contributed by atoms with Crippen LogP contribution in [0.25, 0.3) is 0 Å². The smallest absolute Gasteiger partial charge is 0.248 e. The Morgan fingerprint density at radius 1 is 1.43 bits per heavy atom. The van der Waals surface area contributed by atoms with Crippen molar-refractivity contribution >= 4 is 17.5 Å². The van der Waals surface area contributed by atoms with Gasteiger partial charge in [-0.05, 0) is 56.0 Å². The molecule has 2 atom stereocenters. The largest absolute Gasteiger partial charge is 0.366 e. The minimum Gasteiger partial charge on any atom is -0.366 e. The zero-order chi connectivity index (χ0) is 15.4. The van der Waals surface area contributed by atoms with Gasteiger partial charge < -0.3 is 16.4 Å². The monoisotopic (exact) mass is 289 g/mol. The van der Waals surface area contributed by atoms with Gasteiger partial charge >= 0.3 is 0 Å². The van der Waals surface area contributed by atoms with Gasteiger partial charge in [0.15, 0.2) is 0 Å². The van der Waals surface area contributed by atoms with E-state index in [1.54, 1.807) is 18.2 Å². The molecule has 1 aromatic carbocycles. The maximum absolute atomic E-state index is 12.3. The van der Waals surface area contributed by atoms with Crippen LogP contribution in [0.15, 0.2) is 18.2 Å². The summed E-state index contributed by atoms with van der Waals surface area (Å²) < 4.78 is 0. The van der Waals surface area contributed by atoms with E-state index in [0.717, 1.165) is 37.1 Å². The Kier molecular flexibility index (Phi) is 4.96. The summed E-state index contributed by atoms with van der Waals surface area (Å²) in [6.45, 7) is 4.90. The topological polar surface area (TPSA) is 84.2 Å². The molecule has 1 aliphatic heterocycles. The predicted molar refractivity (Wildman–Crippen MR) is 83.1 cm³/mol. The molecule has 1 saturated heterocycles. The summed E-state index contributed by atoms with van der Waals surface area (Å²) in [5.41, 5.74) is 7.26. The molecule has 5 heteroatoms. The fourth-order valence-electron chi connectivity index (χ4n) is 2.74. The van der Waals surface area contributed by atoms with Crippen LogP contribution in [0.1, 0.15) is 42.1 Å². The highest BCUT2D eigenvalue weighted by Crippen LogP contribution is 2.21. The first-order valence-electron chi connectivity index (χ1n) is 7.46. The molecule has 1 aromatic rings. The van der Waals surface area contributed by atoms with Gasteiger partial charge in [-0.1, -0.05) is 13.3 Å². The van der Waals surface area contributed by atoms with Crippen molar-refractivity contribution in [1.29, 1.82) is 0 Å². The van der Waals surface area contributed by atoms with Gasteiger partial charge in [0.2, 0.25) is 11.8 Å². The summed E-state index contributed by atoms with van der Waals surface area (Å²) in [4.78, 5) is 23.5. The number of primary amides is 1. The van der Waals surface area contributed by atoms with E-state index in [1.165, 1.54) is 0 Å².